The van der Waals surface area contributed by atoms with Crippen LogP contribution in [0.5, 0.6) is 5.75 Å². The van der Waals surface area contributed by atoms with E-state index in [1.165, 1.54) is 23.5 Å². The summed E-state index contributed by atoms with van der Waals surface area (Å²) in [6.45, 7) is 0. The lowest BCUT2D eigenvalue weighted by Crippen LogP contribution is -2.42. The zero-order valence-electron chi connectivity index (χ0n) is 10.7. The summed E-state index contributed by atoms with van der Waals surface area (Å²) in [6, 6.07) is 6.92. The zero-order valence-corrected chi connectivity index (χ0v) is 13.7. The van der Waals surface area contributed by atoms with Crippen molar-refractivity contribution in [2.75, 3.05) is 0 Å². The number of carbonyl (C=O) groups excluding carboxylic acids is 1. The van der Waals surface area contributed by atoms with Crippen molar-refractivity contribution < 1.29 is 19.8 Å². The summed E-state index contributed by atoms with van der Waals surface area (Å²) in [4.78, 5) is 23.3. The van der Waals surface area contributed by atoms with Gasteiger partial charge in [0.25, 0.3) is 5.91 Å². The first-order valence-electron chi connectivity index (χ1n) is 6.01. The fraction of sp³-hybridized carbons (Fsp3) is 0.143. The van der Waals surface area contributed by atoms with E-state index in [1.807, 2.05) is 0 Å². The molecule has 0 saturated carbocycles. The Kier molecular flexibility index (Phi) is 5.18. The van der Waals surface area contributed by atoms with Crippen molar-refractivity contribution in [2.45, 2.75) is 12.5 Å². The van der Waals surface area contributed by atoms with Crippen LogP contribution in [-0.4, -0.2) is 28.1 Å². The first kappa shape index (κ1) is 15.8. The van der Waals surface area contributed by atoms with Crippen LogP contribution in [0.2, 0.25) is 0 Å². The van der Waals surface area contributed by atoms with Gasteiger partial charge in [0.15, 0.2) is 0 Å². The topological polar surface area (TPSA) is 86.6 Å². The predicted octanol–water partition coefficient (Wildman–Crippen LogP) is 2.48. The third-order valence-corrected chi connectivity index (χ3v) is 4.60. The van der Waals surface area contributed by atoms with Gasteiger partial charge in [0.1, 0.15) is 11.8 Å². The van der Waals surface area contributed by atoms with Crippen molar-refractivity contribution in [3.8, 4) is 5.75 Å². The highest BCUT2D eigenvalue weighted by Crippen LogP contribution is 2.17. The molecular formula is C14H12INO4S. The molecule has 21 heavy (non-hydrogen) atoms. The summed E-state index contributed by atoms with van der Waals surface area (Å²) in [5, 5.41) is 22.6. The lowest BCUT2D eigenvalue weighted by molar-refractivity contribution is -0.139. The average molecular weight is 417 g/mol. The van der Waals surface area contributed by atoms with Gasteiger partial charge < -0.3 is 15.5 Å². The number of halogens is 1. The highest BCUT2D eigenvalue weighted by molar-refractivity contribution is 14.1. The van der Waals surface area contributed by atoms with Crippen molar-refractivity contribution in [1.82, 2.24) is 5.32 Å². The number of aliphatic carboxylic acids is 1. The Morgan fingerprint density at radius 2 is 1.95 bits per heavy atom. The van der Waals surface area contributed by atoms with Gasteiger partial charge in [0, 0.05) is 11.8 Å². The molecule has 1 aromatic heterocycles. The number of benzene rings is 1. The zero-order chi connectivity index (χ0) is 15.4. The Balaban J connectivity index is 2.07. The van der Waals surface area contributed by atoms with Gasteiger partial charge in [-0.3, -0.25) is 4.79 Å². The first-order chi connectivity index (χ1) is 9.95. The van der Waals surface area contributed by atoms with E-state index in [-0.39, 0.29) is 12.2 Å². The number of carbonyl (C=O) groups is 2. The Morgan fingerprint density at radius 1 is 1.29 bits per heavy atom. The summed E-state index contributed by atoms with van der Waals surface area (Å²) in [6.07, 6.45) is 0.155. The van der Waals surface area contributed by atoms with Crippen molar-refractivity contribution in [3.63, 3.8) is 0 Å². The van der Waals surface area contributed by atoms with Crippen molar-refractivity contribution in [3.05, 3.63) is 49.7 Å². The average Bonchev–Trinajstić information content (AvgIpc) is 2.87. The van der Waals surface area contributed by atoms with Crippen LogP contribution >= 0.6 is 33.9 Å². The fourth-order valence-electron chi connectivity index (χ4n) is 1.74. The minimum Gasteiger partial charge on any atom is -0.508 e. The van der Waals surface area contributed by atoms with Crippen LogP contribution in [0.25, 0.3) is 0 Å². The van der Waals surface area contributed by atoms with Crippen LogP contribution in [0, 0.1) is 2.88 Å². The summed E-state index contributed by atoms with van der Waals surface area (Å²) >= 11 is 3.53. The van der Waals surface area contributed by atoms with E-state index in [0.29, 0.717) is 5.56 Å². The molecule has 5 nitrogen and oxygen atoms in total. The van der Waals surface area contributed by atoms with Crippen LogP contribution in [0.4, 0.5) is 0 Å². The van der Waals surface area contributed by atoms with E-state index in [2.05, 4.69) is 27.9 Å². The number of thiophene rings is 1. The van der Waals surface area contributed by atoms with Crippen molar-refractivity contribution in [2.24, 2.45) is 0 Å². The number of amides is 1. The standard InChI is InChI=1S/C14H12INO4S/c15-12-6-9(7-21-12)13(18)16-11(14(19)20)5-8-1-3-10(17)4-2-8/h1-4,6-7,11,17H,5H2,(H,16,18)(H,19,20)/t11-/m0/s1. The maximum atomic E-state index is 12.0. The number of rotatable bonds is 5. The van der Waals surface area contributed by atoms with Crippen LogP contribution in [0.1, 0.15) is 15.9 Å². The summed E-state index contributed by atoms with van der Waals surface area (Å²) in [5.41, 5.74) is 1.18. The Morgan fingerprint density at radius 3 is 2.48 bits per heavy atom. The minimum atomic E-state index is -1.10. The fourth-order valence-corrected chi connectivity index (χ4v) is 3.07. The van der Waals surface area contributed by atoms with Gasteiger partial charge in [0.05, 0.1) is 8.45 Å². The van der Waals surface area contributed by atoms with Gasteiger partial charge in [-0.1, -0.05) is 12.1 Å². The van der Waals surface area contributed by atoms with Crippen LogP contribution in [0.15, 0.2) is 35.7 Å². The van der Waals surface area contributed by atoms with Crippen LogP contribution in [0.3, 0.4) is 0 Å². The summed E-state index contributed by atoms with van der Waals surface area (Å²) < 4.78 is 0.961. The lowest BCUT2D eigenvalue weighted by Gasteiger charge is -2.14. The lowest BCUT2D eigenvalue weighted by atomic mass is 10.1. The Hall–Kier alpha value is -1.61. The van der Waals surface area contributed by atoms with E-state index < -0.39 is 17.9 Å². The molecular weight excluding hydrogens is 405 g/mol. The number of phenolic OH excluding ortho intramolecular Hbond substituents is 1. The quantitative estimate of drug-likeness (QED) is 0.653. The second-order valence-corrected chi connectivity index (χ2v) is 7.18. The number of carboxylic acids is 1. The van der Waals surface area contributed by atoms with E-state index in [4.69, 9.17) is 0 Å². The van der Waals surface area contributed by atoms with Gasteiger partial charge >= 0.3 is 5.97 Å². The Bertz CT molecular complexity index is 653. The maximum absolute atomic E-state index is 12.0. The number of carboxylic acid groups (broad SMARTS) is 1. The van der Waals surface area contributed by atoms with Gasteiger partial charge in [-0.05, 0) is 46.4 Å². The highest BCUT2D eigenvalue weighted by atomic mass is 127. The molecule has 3 N–H and O–H groups in total. The largest absolute Gasteiger partial charge is 0.508 e. The molecule has 0 spiro atoms. The van der Waals surface area contributed by atoms with Gasteiger partial charge in [-0.25, -0.2) is 4.79 Å². The van der Waals surface area contributed by atoms with E-state index in [1.54, 1.807) is 23.6 Å². The first-order valence-corrected chi connectivity index (χ1v) is 7.97. The molecule has 0 bridgehead atoms. The number of aromatic hydroxyl groups is 1. The highest BCUT2D eigenvalue weighted by Gasteiger charge is 2.21. The van der Waals surface area contributed by atoms with Crippen molar-refractivity contribution in [1.29, 1.82) is 0 Å². The van der Waals surface area contributed by atoms with E-state index in [9.17, 15) is 19.8 Å². The predicted molar refractivity (Wildman–Crippen MR) is 87.7 cm³/mol. The molecule has 0 aliphatic heterocycles. The third kappa shape index (κ3) is 4.43. The molecule has 2 rings (SSSR count). The van der Waals surface area contributed by atoms with Crippen LogP contribution < -0.4 is 5.32 Å². The normalized spacial score (nSPS) is 11.9. The smallest absolute Gasteiger partial charge is 0.326 e. The molecule has 7 heteroatoms. The molecule has 0 fully saturated rings. The molecule has 1 heterocycles. The van der Waals surface area contributed by atoms with Crippen molar-refractivity contribution >= 4 is 45.8 Å². The molecule has 0 radical (unpaired) electrons. The minimum absolute atomic E-state index is 0.113. The number of hydrogen-bond acceptors (Lipinski definition) is 4. The third-order valence-electron chi connectivity index (χ3n) is 2.81. The molecule has 1 amide bonds. The molecule has 0 aliphatic carbocycles. The molecule has 1 aromatic carbocycles. The van der Waals surface area contributed by atoms with Gasteiger partial charge in [0.2, 0.25) is 0 Å². The second kappa shape index (κ2) is 6.90. The molecule has 1 atom stereocenters. The molecule has 0 saturated heterocycles. The molecule has 0 aliphatic rings. The molecule has 0 unspecified atom stereocenters. The summed E-state index contributed by atoms with van der Waals surface area (Å²) in [7, 11) is 0. The number of nitrogens with one attached hydrogen (secondary N) is 1. The Labute approximate surface area is 138 Å². The number of phenols is 1. The van der Waals surface area contributed by atoms with Gasteiger partial charge in [-0.15, -0.1) is 11.3 Å². The molecule has 110 valence electrons. The maximum Gasteiger partial charge on any atom is 0.326 e. The monoisotopic (exact) mass is 417 g/mol. The van der Waals surface area contributed by atoms with E-state index >= 15 is 0 Å². The van der Waals surface area contributed by atoms with Crippen LogP contribution in [-0.2, 0) is 11.2 Å². The molecule has 2 aromatic rings. The SMILES string of the molecule is O=C(N[C@@H](Cc1ccc(O)cc1)C(=O)O)c1csc(I)c1. The summed E-state index contributed by atoms with van der Waals surface area (Å²) in [5.74, 6) is -1.38. The second-order valence-electron chi connectivity index (χ2n) is 4.37. The van der Waals surface area contributed by atoms with Gasteiger partial charge in [-0.2, -0.15) is 0 Å². The number of hydrogen-bond donors (Lipinski definition) is 3. The van der Waals surface area contributed by atoms with E-state index in [0.717, 1.165) is 8.45 Å².